The van der Waals surface area contributed by atoms with Crippen LogP contribution < -0.4 is 16.2 Å². The van der Waals surface area contributed by atoms with Crippen molar-refractivity contribution < 1.29 is 13.2 Å². The van der Waals surface area contributed by atoms with Crippen molar-refractivity contribution in [2.45, 2.75) is 42.5 Å². The van der Waals surface area contributed by atoms with E-state index in [0.29, 0.717) is 0 Å². The van der Waals surface area contributed by atoms with Crippen LogP contribution >= 0.6 is 0 Å². The molecule has 116 valence electrons. The van der Waals surface area contributed by atoms with E-state index in [2.05, 4.69) is 4.72 Å². The lowest BCUT2D eigenvalue weighted by atomic mass is 9.83. The average molecular weight is 311 g/mol. The molecule has 0 atom stereocenters. The number of hydrogen-bond donors (Lipinski definition) is 3. The van der Waals surface area contributed by atoms with E-state index in [1.807, 2.05) is 0 Å². The summed E-state index contributed by atoms with van der Waals surface area (Å²) in [5.74, 6) is -0.588. The van der Waals surface area contributed by atoms with Gasteiger partial charge >= 0.3 is 0 Å². The van der Waals surface area contributed by atoms with E-state index in [9.17, 15) is 13.2 Å². The lowest BCUT2D eigenvalue weighted by Gasteiger charge is -2.33. The lowest BCUT2D eigenvalue weighted by molar-refractivity contribution is 0.1000. The van der Waals surface area contributed by atoms with Gasteiger partial charge in [-0.2, -0.15) is 0 Å². The van der Waals surface area contributed by atoms with Crippen LogP contribution in [0, 0.1) is 0 Å². The Labute approximate surface area is 124 Å². The normalized spacial score (nSPS) is 18.3. The van der Waals surface area contributed by atoms with Gasteiger partial charge in [0.05, 0.1) is 4.90 Å². The van der Waals surface area contributed by atoms with Crippen LogP contribution in [0.25, 0.3) is 0 Å². The van der Waals surface area contributed by atoms with Gasteiger partial charge in [-0.1, -0.05) is 19.3 Å². The van der Waals surface area contributed by atoms with E-state index in [0.717, 1.165) is 32.1 Å². The molecule has 6 nitrogen and oxygen atoms in total. The summed E-state index contributed by atoms with van der Waals surface area (Å²) in [5.41, 5.74) is 11.2. The summed E-state index contributed by atoms with van der Waals surface area (Å²) in [6.45, 7) is 0.229. The van der Waals surface area contributed by atoms with E-state index in [1.54, 1.807) is 0 Å². The highest BCUT2D eigenvalue weighted by Gasteiger charge is 2.29. The zero-order valence-electron chi connectivity index (χ0n) is 11.8. The zero-order valence-corrected chi connectivity index (χ0v) is 12.7. The fourth-order valence-corrected chi connectivity index (χ4v) is 3.69. The van der Waals surface area contributed by atoms with Crippen LogP contribution in [0.3, 0.4) is 0 Å². The Kier molecular flexibility index (Phi) is 4.65. The fourth-order valence-electron chi connectivity index (χ4n) is 2.55. The maximum absolute atomic E-state index is 12.2. The number of amides is 1. The first kappa shape index (κ1) is 15.9. The predicted octanol–water partition coefficient (Wildman–Crippen LogP) is 0.725. The summed E-state index contributed by atoms with van der Waals surface area (Å²) in [5, 5.41) is 0. The number of rotatable bonds is 5. The van der Waals surface area contributed by atoms with Gasteiger partial charge in [-0.25, -0.2) is 13.1 Å². The number of nitrogens with two attached hydrogens (primary N) is 2. The molecule has 0 radical (unpaired) electrons. The van der Waals surface area contributed by atoms with Gasteiger partial charge in [-0.05, 0) is 37.1 Å². The molecule has 0 unspecified atom stereocenters. The lowest BCUT2D eigenvalue weighted by Crippen LogP contribution is -2.51. The van der Waals surface area contributed by atoms with E-state index >= 15 is 0 Å². The van der Waals surface area contributed by atoms with Crippen LogP contribution in [-0.2, 0) is 10.0 Å². The van der Waals surface area contributed by atoms with Gasteiger partial charge in [0.2, 0.25) is 15.9 Å². The molecule has 0 spiro atoms. The second kappa shape index (κ2) is 6.13. The molecule has 5 N–H and O–H groups in total. The molecule has 1 aliphatic carbocycles. The molecule has 1 aliphatic rings. The van der Waals surface area contributed by atoms with Crippen LogP contribution in [0.4, 0.5) is 0 Å². The summed E-state index contributed by atoms with van der Waals surface area (Å²) in [7, 11) is -3.62. The molecule has 1 saturated carbocycles. The highest BCUT2D eigenvalue weighted by molar-refractivity contribution is 7.89. The molecule has 1 aromatic rings. The number of carbonyl (C=O) groups excluding carboxylic acids is 1. The molecule has 0 aromatic heterocycles. The third-order valence-corrected chi connectivity index (χ3v) is 5.33. The number of carbonyl (C=O) groups is 1. The van der Waals surface area contributed by atoms with Crippen molar-refractivity contribution in [1.29, 1.82) is 0 Å². The summed E-state index contributed by atoms with van der Waals surface area (Å²) in [6.07, 6.45) is 4.88. The molecule has 0 heterocycles. The molecular weight excluding hydrogens is 290 g/mol. The number of benzene rings is 1. The number of sulfonamides is 1. The topological polar surface area (TPSA) is 115 Å². The van der Waals surface area contributed by atoms with Crippen molar-refractivity contribution in [1.82, 2.24) is 4.72 Å². The van der Waals surface area contributed by atoms with Crippen LogP contribution in [0.15, 0.2) is 29.2 Å². The predicted molar refractivity (Wildman–Crippen MR) is 80.2 cm³/mol. The minimum absolute atomic E-state index is 0.104. The van der Waals surface area contributed by atoms with Crippen LogP contribution in [0.5, 0.6) is 0 Å². The van der Waals surface area contributed by atoms with Gasteiger partial charge in [-0.3, -0.25) is 4.79 Å². The van der Waals surface area contributed by atoms with Crippen LogP contribution in [0.2, 0.25) is 0 Å². The Balaban J connectivity index is 2.05. The van der Waals surface area contributed by atoms with E-state index in [-0.39, 0.29) is 17.0 Å². The summed E-state index contributed by atoms with van der Waals surface area (Å²) in [4.78, 5) is 11.1. The minimum Gasteiger partial charge on any atom is -0.366 e. The second-order valence-corrected chi connectivity index (χ2v) is 7.40. The first-order valence-corrected chi connectivity index (χ1v) is 8.49. The van der Waals surface area contributed by atoms with Gasteiger partial charge in [-0.15, -0.1) is 0 Å². The molecule has 1 fully saturated rings. The Morgan fingerprint density at radius 1 is 1.14 bits per heavy atom. The maximum atomic E-state index is 12.2. The quantitative estimate of drug-likeness (QED) is 0.743. The molecule has 7 heteroatoms. The first-order valence-electron chi connectivity index (χ1n) is 7.01. The molecule has 2 rings (SSSR count). The Bertz CT molecular complexity index is 605. The number of primary amides is 1. The molecule has 1 aromatic carbocycles. The Morgan fingerprint density at radius 3 is 2.24 bits per heavy atom. The number of hydrogen-bond acceptors (Lipinski definition) is 4. The SMILES string of the molecule is NC(=O)c1ccc(S(=O)(=O)NCC2(N)CCCCC2)cc1. The maximum Gasteiger partial charge on any atom is 0.248 e. The van der Waals surface area contributed by atoms with Gasteiger partial charge in [0, 0.05) is 17.6 Å². The molecular formula is C14H21N3O3S. The zero-order chi connectivity index (χ0) is 15.5. The summed E-state index contributed by atoms with van der Waals surface area (Å²) < 4.78 is 27.0. The van der Waals surface area contributed by atoms with Crippen molar-refractivity contribution >= 4 is 15.9 Å². The van der Waals surface area contributed by atoms with E-state index < -0.39 is 21.5 Å². The highest BCUT2D eigenvalue weighted by Crippen LogP contribution is 2.25. The monoisotopic (exact) mass is 311 g/mol. The highest BCUT2D eigenvalue weighted by atomic mass is 32.2. The van der Waals surface area contributed by atoms with Gasteiger partial charge in [0.25, 0.3) is 0 Å². The first-order chi connectivity index (χ1) is 9.82. The van der Waals surface area contributed by atoms with E-state index in [4.69, 9.17) is 11.5 Å². The Morgan fingerprint density at radius 2 is 1.71 bits per heavy atom. The van der Waals surface area contributed by atoms with Crippen molar-refractivity contribution in [3.05, 3.63) is 29.8 Å². The molecule has 0 aliphatic heterocycles. The van der Waals surface area contributed by atoms with Crippen molar-refractivity contribution in [3.8, 4) is 0 Å². The van der Waals surface area contributed by atoms with Crippen LogP contribution in [-0.4, -0.2) is 26.4 Å². The van der Waals surface area contributed by atoms with Gasteiger partial charge in [0.15, 0.2) is 0 Å². The Hall–Kier alpha value is -1.44. The standard InChI is InChI=1S/C14H21N3O3S/c15-13(18)11-4-6-12(7-5-11)21(19,20)17-10-14(16)8-2-1-3-9-14/h4-7,17H,1-3,8-10,16H2,(H2,15,18). The van der Waals surface area contributed by atoms with Gasteiger partial charge in [0.1, 0.15) is 0 Å². The summed E-state index contributed by atoms with van der Waals surface area (Å²) >= 11 is 0. The molecule has 0 bridgehead atoms. The smallest absolute Gasteiger partial charge is 0.248 e. The molecule has 1 amide bonds. The van der Waals surface area contributed by atoms with Crippen molar-refractivity contribution in [3.63, 3.8) is 0 Å². The molecule has 0 saturated heterocycles. The summed E-state index contributed by atoms with van der Waals surface area (Å²) in [6, 6.07) is 5.53. The van der Waals surface area contributed by atoms with E-state index in [1.165, 1.54) is 24.3 Å². The largest absolute Gasteiger partial charge is 0.366 e. The van der Waals surface area contributed by atoms with Gasteiger partial charge < -0.3 is 11.5 Å². The third kappa shape index (κ3) is 4.03. The second-order valence-electron chi connectivity index (χ2n) is 5.64. The molecule has 21 heavy (non-hydrogen) atoms. The van der Waals surface area contributed by atoms with Crippen LogP contribution in [0.1, 0.15) is 42.5 Å². The fraction of sp³-hybridized carbons (Fsp3) is 0.500. The van der Waals surface area contributed by atoms with Crippen molar-refractivity contribution in [2.24, 2.45) is 11.5 Å². The minimum atomic E-state index is -3.62. The number of nitrogens with one attached hydrogen (secondary N) is 1. The average Bonchev–Trinajstić information content (AvgIpc) is 2.46. The van der Waals surface area contributed by atoms with Crippen molar-refractivity contribution in [2.75, 3.05) is 6.54 Å². The third-order valence-electron chi connectivity index (χ3n) is 3.91.